The van der Waals surface area contributed by atoms with Crippen LogP contribution in [-0.2, 0) is 19.1 Å². The number of unbranched alkanes of at least 4 members (excludes halogenated alkanes) is 14. The van der Waals surface area contributed by atoms with Crippen LogP contribution in [0.4, 0.5) is 0 Å². The molecule has 4 N–H and O–H groups in total. The average molecular weight is 593 g/mol. The van der Waals surface area contributed by atoms with Gasteiger partial charge in [0.1, 0.15) is 12.1 Å². The van der Waals surface area contributed by atoms with Gasteiger partial charge in [0.2, 0.25) is 5.91 Å². The van der Waals surface area contributed by atoms with Crippen LogP contribution in [0.3, 0.4) is 0 Å². The van der Waals surface area contributed by atoms with Gasteiger partial charge in [-0.3, -0.25) is 9.59 Å². The van der Waals surface area contributed by atoms with Gasteiger partial charge in [-0.15, -0.1) is 0 Å². The summed E-state index contributed by atoms with van der Waals surface area (Å²) in [5.41, 5.74) is 5.45. The monoisotopic (exact) mass is 592 g/mol. The van der Waals surface area contributed by atoms with Gasteiger partial charge in [0.05, 0.1) is 0 Å². The molecule has 0 aromatic carbocycles. The van der Waals surface area contributed by atoms with E-state index >= 15 is 0 Å². The van der Waals surface area contributed by atoms with Crippen LogP contribution in [0.1, 0.15) is 162 Å². The Kier molecular flexibility index (Phi) is 28.8. The summed E-state index contributed by atoms with van der Waals surface area (Å²) in [6, 6.07) is -0.868. The van der Waals surface area contributed by atoms with Crippen molar-refractivity contribution in [2.24, 2.45) is 5.73 Å². The predicted octanol–water partition coefficient (Wildman–Crippen LogP) is 8.55. The number of carbonyl (C=O) groups is 3. The van der Waals surface area contributed by atoms with E-state index in [1.54, 1.807) is 0 Å². The maximum absolute atomic E-state index is 12.5. The molecule has 0 aliphatic heterocycles. The Hall–Kier alpha value is -2.15. The molecule has 0 radical (unpaired) electrons. The lowest BCUT2D eigenvalue weighted by Gasteiger charge is -2.15. The van der Waals surface area contributed by atoms with Gasteiger partial charge < -0.3 is 20.9 Å². The number of carboxylic acid groups (broad SMARTS) is 1. The highest BCUT2D eigenvalue weighted by atomic mass is 16.5. The fourth-order valence-corrected chi connectivity index (χ4v) is 4.82. The van der Waals surface area contributed by atoms with E-state index in [1.807, 2.05) is 0 Å². The lowest BCUT2D eigenvalue weighted by atomic mass is 10.1. The minimum Gasteiger partial charge on any atom is -0.480 e. The lowest BCUT2D eigenvalue weighted by Crippen LogP contribution is -2.40. The quantitative estimate of drug-likeness (QED) is 0.0437. The van der Waals surface area contributed by atoms with Crippen molar-refractivity contribution in [3.8, 4) is 0 Å². The van der Waals surface area contributed by atoms with E-state index in [0.29, 0.717) is 38.6 Å². The van der Waals surface area contributed by atoms with Gasteiger partial charge in [-0.25, -0.2) is 4.79 Å². The highest BCUT2D eigenvalue weighted by molar-refractivity contribution is 5.83. The summed E-state index contributed by atoms with van der Waals surface area (Å²) in [6.07, 6.45) is 31.0. The molecular formula is C35H64N2O5. The van der Waals surface area contributed by atoms with Crippen molar-refractivity contribution in [1.82, 2.24) is 5.32 Å². The fraction of sp³-hybridized carbons (Fsp3) is 0.800. The second-order valence-corrected chi connectivity index (χ2v) is 11.6. The fourth-order valence-electron chi connectivity index (χ4n) is 4.82. The zero-order valence-corrected chi connectivity index (χ0v) is 27.1. The molecule has 244 valence electrons. The van der Waals surface area contributed by atoms with Crippen molar-refractivity contribution in [3.63, 3.8) is 0 Å². The number of esters is 1. The first-order valence-corrected chi connectivity index (χ1v) is 17.2. The summed E-state index contributed by atoms with van der Waals surface area (Å²) in [7, 11) is 0. The predicted molar refractivity (Wildman–Crippen MR) is 174 cm³/mol. The first-order valence-electron chi connectivity index (χ1n) is 17.2. The number of aliphatic carboxylic acids is 1. The summed E-state index contributed by atoms with van der Waals surface area (Å²) in [5, 5.41) is 11.8. The van der Waals surface area contributed by atoms with E-state index in [0.717, 1.165) is 57.8 Å². The van der Waals surface area contributed by atoms with Gasteiger partial charge in [0, 0.05) is 12.8 Å². The second-order valence-electron chi connectivity index (χ2n) is 11.6. The zero-order valence-electron chi connectivity index (χ0n) is 27.1. The Labute approximate surface area is 257 Å². The number of amides is 1. The summed E-state index contributed by atoms with van der Waals surface area (Å²) in [6.45, 7) is 4.83. The molecule has 0 bridgehead atoms. The zero-order chi connectivity index (χ0) is 31.1. The van der Waals surface area contributed by atoms with Crippen LogP contribution < -0.4 is 11.1 Å². The van der Waals surface area contributed by atoms with Crippen LogP contribution in [-0.4, -0.2) is 41.6 Å². The average Bonchev–Trinajstić information content (AvgIpc) is 2.97. The van der Waals surface area contributed by atoms with Gasteiger partial charge in [-0.05, 0) is 89.7 Å². The Balaban J connectivity index is 4.23. The molecule has 2 unspecified atom stereocenters. The molecule has 0 heterocycles. The molecule has 0 saturated carbocycles. The third-order valence-electron chi connectivity index (χ3n) is 7.47. The molecule has 0 rings (SSSR count). The molecule has 0 aromatic heterocycles. The first kappa shape index (κ1) is 39.8. The minimum atomic E-state index is -1.02. The smallest absolute Gasteiger partial charge is 0.326 e. The number of hydrogen-bond donors (Lipinski definition) is 3. The van der Waals surface area contributed by atoms with Crippen LogP contribution in [0.2, 0.25) is 0 Å². The Morgan fingerprint density at radius 3 is 1.86 bits per heavy atom. The van der Waals surface area contributed by atoms with Crippen molar-refractivity contribution in [2.75, 3.05) is 6.54 Å². The molecule has 7 nitrogen and oxygen atoms in total. The number of carbonyl (C=O) groups excluding carboxylic acids is 2. The van der Waals surface area contributed by atoms with Gasteiger partial charge in [-0.2, -0.15) is 0 Å². The Morgan fingerprint density at radius 2 is 1.24 bits per heavy atom. The molecule has 1 amide bonds. The number of ether oxygens (including phenoxy) is 1. The molecule has 0 saturated heterocycles. The minimum absolute atomic E-state index is 0.104. The highest BCUT2D eigenvalue weighted by Crippen LogP contribution is 2.15. The first-order chi connectivity index (χ1) is 20.4. The van der Waals surface area contributed by atoms with E-state index in [4.69, 9.17) is 10.5 Å². The van der Waals surface area contributed by atoms with Crippen molar-refractivity contribution in [2.45, 2.75) is 174 Å². The van der Waals surface area contributed by atoms with Crippen molar-refractivity contribution in [1.29, 1.82) is 0 Å². The number of nitrogens with one attached hydrogen (secondary N) is 1. The maximum atomic E-state index is 12.5. The summed E-state index contributed by atoms with van der Waals surface area (Å²) in [4.78, 5) is 35.9. The number of carboxylic acids is 1. The van der Waals surface area contributed by atoms with Gasteiger partial charge in [0.25, 0.3) is 0 Å². The second kappa shape index (κ2) is 30.3. The molecule has 0 aliphatic rings. The van der Waals surface area contributed by atoms with E-state index in [1.165, 1.54) is 57.8 Å². The molecule has 0 aliphatic carbocycles. The summed E-state index contributed by atoms with van der Waals surface area (Å²) < 4.78 is 5.84. The number of allylic oxidation sites excluding steroid dienone is 3. The van der Waals surface area contributed by atoms with E-state index < -0.39 is 12.0 Å². The van der Waals surface area contributed by atoms with Crippen molar-refractivity contribution in [3.05, 3.63) is 24.3 Å². The summed E-state index contributed by atoms with van der Waals surface area (Å²) >= 11 is 0. The van der Waals surface area contributed by atoms with Gasteiger partial charge in [-0.1, -0.05) is 89.9 Å². The van der Waals surface area contributed by atoms with E-state index in [2.05, 4.69) is 43.5 Å². The molecule has 7 heteroatoms. The molecule has 42 heavy (non-hydrogen) atoms. The largest absolute Gasteiger partial charge is 0.480 e. The third kappa shape index (κ3) is 26.7. The molecular weight excluding hydrogens is 528 g/mol. The molecule has 0 aromatic rings. The van der Waals surface area contributed by atoms with Crippen LogP contribution >= 0.6 is 0 Å². The highest BCUT2D eigenvalue weighted by Gasteiger charge is 2.18. The molecule has 0 spiro atoms. The van der Waals surface area contributed by atoms with Gasteiger partial charge >= 0.3 is 11.9 Å². The van der Waals surface area contributed by atoms with Crippen LogP contribution in [0.25, 0.3) is 0 Å². The van der Waals surface area contributed by atoms with Crippen LogP contribution in [0, 0.1) is 0 Å². The van der Waals surface area contributed by atoms with Crippen LogP contribution in [0.5, 0.6) is 0 Å². The number of nitrogens with two attached hydrogens (primary N) is 1. The molecule has 0 fully saturated rings. The standard InChI is InChI=1S/C35H64N2O5/c1-3-5-7-9-10-11-12-13-14-15-17-23-29-34(39)42-31(25-20-16-8-6-4-2)26-21-18-19-22-28-33(38)37-32(35(40)41)27-24-30-36/h10-11,20,25,31-32H,3-9,12-19,21-24,26-30,36H2,1-2H3,(H,37,38)(H,40,41)/b11-10-,25-20-. The van der Waals surface area contributed by atoms with E-state index in [9.17, 15) is 19.5 Å². The summed E-state index contributed by atoms with van der Waals surface area (Å²) in [5.74, 6) is -1.35. The van der Waals surface area contributed by atoms with Gasteiger partial charge in [0.15, 0.2) is 0 Å². The Morgan fingerprint density at radius 1 is 0.690 bits per heavy atom. The number of rotatable bonds is 30. The lowest BCUT2D eigenvalue weighted by molar-refractivity contribution is -0.147. The molecule has 2 atom stereocenters. The SMILES string of the molecule is CCCCC/C=C\CCCCCCCC(=O)OC(/C=C\CCCCC)CCCCCCC(=O)NC(CCCN)C(=O)O. The van der Waals surface area contributed by atoms with Crippen LogP contribution in [0.15, 0.2) is 24.3 Å². The number of hydrogen-bond acceptors (Lipinski definition) is 5. The van der Waals surface area contributed by atoms with E-state index in [-0.39, 0.29) is 18.0 Å². The topological polar surface area (TPSA) is 119 Å². The normalized spacial score (nSPS) is 13.0. The maximum Gasteiger partial charge on any atom is 0.326 e. The van der Waals surface area contributed by atoms with Crippen molar-refractivity contribution < 1.29 is 24.2 Å². The Bertz CT molecular complexity index is 722. The third-order valence-corrected chi connectivity index (χ3v) is 7.47. The van der Waals surface area contributed by atoms with Crippen molar-refractivity contribution >= 4 is 17.8 Å².